The van der Waals surface area contributed by atoms with E-state index in [2.05, 4.69) is 20.9 Å². The number of benzene rings is 1. The summed E-state index contributed by atoms with van der Waals surface area (Å²) in [4.78, 5) is 2.25. The SMILES string of the molecule is Fc1ccc(F)c(C2c3cccn3CCCN2Cc2ccsc2)c1. The van der Waals surface area contributed by atoms with Crippen LogP contribution in [-0.4, -0.2) is 16.0 Å². The molecule has 1 aromatic carbocycles. The van der Waals surface area contributed by atoms with Crippen LogP contribution in [0.25, 0.3) is 0 Å². The highest BCUT2D eigenvalue weighted by Gasteiger charge is 2.29. The Morgan fingerprint density at radius 3 is 2.88 bits per heavy atom. The van der Waals surface area contributed by atoms with Gasteiger partial charge in [0.15, 0.2) is 0 Å². The molecule has 2 aromatic heterocycles. The van der Waals surface area contributed by atoms with Gasteiger partial charge in [-0.1, -0.05) is 0 Å². The lowest BCUT2D eigenvalue weighted by molar-refractivity contribution is 0.216. The lowest BCUT2D eigenvalue weighted by Crippen LogP contribution is -2.30. The van der Waals surface area contributed by atoms with Crippen LogP contribution < -0.4 is 0 Å². The van der Waals surface area contributed by atoms with Gasteiger partial charge in [-0.15, -0.1) is 0 Å². The van der Waals surface area contributed by atoms with Crippen molar-refractivity contribution in [2.24, 2.45) is 0 Å². The predicted octanol–water partition coefficient (Wildman–Crippen LogP) is 4.82. The normalized spacial score (nSPS) is 18.3. The minimum atomic E-state index is -0.399. The molecule has 2 nitrogen and oxygen atoms in total. The molecule has 0 saturated carbocycles. The van der Waals surface area contributed by atoms with E-state index in [4.69, 9.17) is 0 Å². The molecule has 0 N–H and O–H groups in total. The van der Waals surface area contributed by atoms with Crippen LogP contribution in [0.1, 0.15) is 29.3 Å². The van der Waals surface area contributed by atoms with Gasteiger partial charge in [0.25, 0.3) is 0 Å². The van der Waals surface area contributed by atoms with Crippen LogP contribution in [0.4, 0.5) is 8.78 Å². The summed E-state index contributed by atoms with van der Waals surface area (Å²) in [5, 5.41) is 4.16. The fraction of sp³-hybridized carbons (Fsp3) is 0.263. The largest absolute Gasteiger partial charge is 0.350 e. The Kier molecular flexibility index (Phi) is 4.21. The number of thiophene rings is 1. The number of aryl methyl sites for hydroxylation is 1. The van der Waals surface area contributed by atoms with Crippen molar-refractivity contribution in [1.82, 2.24) is 9.47 Å². The Morgan fingerprint density at radius 1 is 1.12 bits per heavy atom. The second-order valence-electron chi connectivity index (χ2n) is 6.15. The summed E-state index contributed by atoms with van der Waals surface area (Å²) >= 11 is 1.66. The zero-order chi connectivity index (χ0) is 16.5. The highest BCUT2D eigenvalue weighted by Crippen LogP contribution is 2.34. The minimum Gasteiger partial charge on any atom is -0.350 e. The molecule has 124 valence electrons. The molecule has 0 fully saturated rings. The molecule has 24 heavy (non-hydrogen) atoms. The average molecular weight is 344 g/mol. The fourth-order valence-electron chi connectivity index (χ4n) is 3.51. The van der Waals surface area contributed by atoms with Crippen molar-refractivity contribution >= 4 is 11.3 Å². The molecule has 1 unspecified atom stereocenters. The Labute approximate surface area is 144 Å². The summed E-state index contributed by atoms with van der Waals surface area (Å²) in [7, 11) is 0. The molecular weight excluding hydrogens is 326 g/mol. The summed E-state index contributed by atoms with van der Waals surface area (Å²) in [6.07, 6.45) is 3.01. The third kappa shape index (κ3) is 2.89. The molecule has 0 radical (unpaired) electrons. The second kappa shape index (κ2) is 6.49. The Morgan fingerprint density at radius 2 is 2.04 bits per heavy atom. The van der Waals surface area contributed by atoms with Gasteiger partial charge in [0.2, 0.25) is 0 Å². The van der Waals surface area contributed by atoms with Crippen molar-refractivity contribution in [2.75, 3.05) is 6.54 Å². The Balaban J connectivity index is 1.81. The molecule has 1 atom stereocenters. The predicted molar refractivity (Wildman–Crippen MR) is 92.0 cm³/mol. The van der Waals surface area contributed by atoms with E-state index in [0.717, 1.165) is 31.7 Å². The van der Waals surface area contributed by atoms with Crippen LogP contribution >= 0.6 is 11.3 Å². The van der Waals surface area contributed by atoms with Gasteiger partial charge in [0.05, 0.1) is 6.04 Å². The van der Waals surface area contributed by atoms with Crippen LogP contribution in [0.3, 0.4) is 0 Å². The van der Waals surface area contributed by atoms with Crippen LogP contribution in [0, 0.1) is 11.6 Å². The first-order valence-electron chi connectivity index (χ1n) is 8.07. The Bertz CT molecular complexity index is 826. The molecule has 3 aromatic rings. The molecule has 0 spiro atoms. The summed E-state index contributed by atoms with van der Waals surface area (Å²) < 4.78 is 30.5. The monoisotopic (exact) mass is 344 g/mol. The lowest BCUT2D eigenvalue weighted by atomic mass is 10.0. The zero-order valence-electron chi connectivity index (χ0n) is 13.2. The molecule has 3 heterocycles. The fourth-order valence-corrected chi connectivity index (χ4v) is 4.17. The molecule has 1 aliphatic rings. The number of fused-ring (bicyclic) bond motifs is 1. The molecule has 0 amide bonds. The molecule has 0 bridgehead atoms. The van der Waals surface area contributed by atoms with E-state index in [1.165, 1.54) is 23.8 Å². The van der Waals surface area contributed by atoms with Crippen LogP contribution in [-0.2, 0) is 13.1 Å². The van der Waals surface area contributed by atoms with Gasteiger partial charge in [-0.3, -0.25) is 4.90 Å². The van der Waals surface area contributed by atoms with Crippen molar-refractivity contribution in [1.29, 1.82) is 0 Å². The van der Waals surface area contributed by atoms with Crippen LogP contribution in [0.5, 0.6) is 0 Å². The topological polar surface area (TPSA) is 8.17 Å². The number of hydrogen-bond acceptors (Lipinski definition) is 2. The highest BCUT2D eigenvalue weighted by atomic mass is 32.1. The first-order chi connectivity index (χ1) is 11.7. The molecule has 5 heteroatoms. The van der Waals surface area contributed by atoms with E-state index in [-0.39, 0.29) is 11.9 Å². The van der Waals surface area contributed by atoms with E-state index in [1.807, 2.05) is 23.7 Å². The van der Waals surface area contributed by atoms with Crippen molar-refractivity contribution in [3.8, 4) is 0 Å². The number of halogens is 2. The first-order valence-corrected chi connectivity index (χ1v) is 9.02. The van der Waals surface area contributed by atoms with E-state index in [9.17, 15) is 8.78 Å². The molecule has 0 saturated heterocycles. The summed E-state index contributed by atoms with van der Waals surface area (Å²) in [5.41, 5.74) is 2.64. The van der Waals surface area contributed by atoms with E-state index < -0.39 is 5.82 Å². The standard InChI is InChI=1S/C19H18F2N2S/c20-15-4-5-17(21)16(11-15)19-18-3-1-7-22(18)8-2-9-23(19)12-14-6-10-24-13-14/h1,3-7,10-11,13,19H,2,8-9,12H2. The summed E-state index contributed by atoms with van der Waals surface area (Å²) in [6, 6.07) is 9.55. The van der Waals surface area contributed by atoms with Gasteiger partial charge in [-0.2, -0.15) is 11.3 Å². The van der Waals surface area contributed by atoms with Crippen molar-refractivity contribution in [3.63, 3.8) is 0 Å². The number of hydrogen-bond donors (Lipinski definition) is 0. The number of rotatable bonds is 3. The number of nitrogens with zero attached hydrogens (tertiary/aromatic N) is 2. The van der Waals surface area contributed by atoms with Gasteiger partial charge in [0, 0.05) is 37.1 Å². The van der Waals surface area contributed by atoms with E-state index in [0.29, 0.717) is 5.56 Å². The quantitative estimate of drug-likeness (QED) is 0.661. The number of aromatic nitrogens is 1. The van der Waals surface area contributed by atoms with E-state index >= 15 is 0 Å². The van der Waals surface area contributed by atoms with Crippen molar-refractivity contribution in [3.05, 3.63) is 81.8 Å². The molecule has 1 aliphatic heterocycles. The lowest BCUT2D eigenvalue weighted by Gasteiger charge is -2.30. The minimum absolute atomic E-state index is 0.280. The third-order valence-electron chi connectivity index (χ3n) is 4.57. The van der Waals surface area contributed by atoms with Crippen molar-refractivity contribution in [2.45, 2.75) is 25.6 Å². The van der Waals surface area contributed by atoms with Gasteiger partial charge in [-0.25, -0.2) is 8.78 Å². The zero-order valence-corrected chi connectivity index (χ0v) is 14.0. The van der Waals surface area contributed by atoms with Crippen LogP contribution in [0.15, 0.2) is 53.4 Å². The maximum absolute atomic E-state index is 14.5. The second-order valence-corrected chi connectivity index (χ2v) is 6.93. The van der Waals surface area contributed by atoms with Gasteiger partial charge < -0.3 is 4.57 Å². The van der Waals surface area contributed by atoms with Gasteiger partial charge in [-0.05, 0) is 59.1 Å². The summed E-state index contributed by atoms with van der Waals surface area (Å²) in [5.74, 6) is -0.754. The van der Waals surface area contributed by atoms with E-state index in [1.54, 1.807) is 11.3 Å². The molecule has 0 aliphatic carbocycles. The summed E-state index contributed by atoms with van der Waals surface area (Å²) in [6.45, 7) is 2.48. The molecule has 4 rings (SSSR count). The third-order valence-corrected chi connectivity index (χ3v) is 5.30. The smallest absolute Gasteiger partial charge is 0.128 e. The van der Waals surface area contributed by atoms with Gasteiger partial charge in [0.1, 0.15) is 11.6 Å². The maximum atomic E-state index is 14.5. The van der Waals surface area contributed by atoms with Gasteiger partial charge >= 0.3 is 0 Å². The first kappa shape index (κ1) is 15.5. The van der Waals surface area contributed by atoms with Crippen LogP contribution in [0.2, 0.25) is 0 Å². The van der Waals surface area contributed by atoms with Crippen molar-refractivity contribution < 1.29 is 8.78 Å². The highest BCUT2D eigenvalue weighted by molar-refractivity contribution is 7.07. The average Bonchev–Trinajstić information content (AvgIpc) is 3.20. The molecular formula is C19H18F2N2S. The maximum Gasteiger partial charge on any atom is 0.128 e. The Hall–Kier alpha value is -1.98.